The minimum absolute atomic E-state index is 0.479. The Morgan fingerprint density at radius 2 is 1.88 bits per heavy atom. The zero-order valence-electron chi connectivity index (χ0n) is 10.1. The Bertz CT molecular complexity index is 493. The molecule has 0 bridgehead atoms. The number of rotatable bonds is 3. The summed E-state index contributed by atoms with van der Waals surface area (Å²) in [7, 11) is 1.96. The van der Waals surface area contributed by atoms with E-state index in [9.17, 15) is 0 Å². The van der Waals surface area contributed by atoms with Gasteiger partial charge in [-0.2, -0.15) is 0 Å². The van der Waals surface area contributed by atoms with Crippen LogP contribution in [0, 0.1) is 0 Å². The third kappa shape index (κ3) is 2.53. The molecule has 0 unspecified atom stereocenters. The molecule has 88 valence electrons. The van der Waals surface area contributed by atoms with Crippen molar-refractivity contribution in [3.63, 3.8) is 0 Å². The van der Waals surface area contributed by atoms with Crippen molar-refractivity contribution in [1.82, 2.24) is 9.97 Å². The quantitative estimate of drug-likeness (QED) is 0.876. The van der Waals surface area contributed by atoms with Crippen molar-refractivity contribution in [2.75, 3.05) is 17.7 Å². The average molecular weight is 228 g/mol. The summed E-state index contributed by atoms with van der Waals surface area (Å²) in [5.74, 6) is 1.27. The van der Waals surface area contributed by atoms with Crippen LogP contribution in [-0.2, 0) is 6.42 Å². The van der Waals surface area contributed by atoms with E-state index < -0.39 is 0 Å². The van der Waals surface area contributed by atoms with Gasteiger partial charge >= 0.3 is 0 Å². The highest BCUT2D eigenvalue weighted by molar-refractivity contribution is 5.61. The van der Waals surface area contributed by atoms with E-state index in [-0.39, 0.29) is 0 Å². The highest BCUT2D eigenvalue weighted by Gasteiger charge is 2.05. The lowest BCUT2D eigenvalue weighted by molar-refractivity contribution is 1.08. The van der Waals surface area contributed by atoms with Gasteiger partial charge in [0.15, 0.2) is 0 Å². The van der Waals surface area contributed by atoms with Crippen molar-refractivity contribution in [2.24, 2.45) is 0 Å². The fourth-order valence-corrected chi connectivity index (χ4v) is 1.63. The Hall–Kier alpha value is -2.10. The van der Waals surface area contributed by atoms with Crippen LogP contribution >= 0.6 is 0 Å². The maximum atomic E-state index is 5.64. The maximum absolute atomic E-state index is 5.64. The van der Waals surface area contributed by atoms with Gasteiger partial charge in [0, 0.05) is 18.8 Å². The summed E-state index contributed by atoms with van der Waals surface area (Å²) < 4.78 is 0. The topological polar surface area (TPSA) is 55.0 Å². The van der Waals surface area contributed by atoms with E-state index in [0.29, 0.717) is 5.82 Å². The lowest BCUT2D eigenvalue weighted by Gasteiger charge is -2.18. The molecule has 0 saturated heterocycles. The number of hydrogen-bond acceptors (Lipinski definition) is 4. The smallest absolute Gasteiger partial charge is 0.138 e. The number of nitrogens with zero attached hydrogens (tertiary/aromatic N) is 3. The van der Waals surface area contributed by atoms with Crippen LogP contribution in [0.5, 0.6) is 0 Å². The van der Waals surface area contributed by atoms with Crippen LogP contribution in [0.2, 0.25) is 0 Å². The van der Waals surface area contributed by atoms with Gasteiger partial charge in [0.25, 0.3) is 0 Å². The van der Waals surface area contributed by atoms with Crippen molar-refractivity contribution in [3.8, 4) is 0 Å². The van der Waals surface area contributed by atoms with Crippen LogP contribution in [-0.4, -0.2) is 17.0 Å². The molecule has 1 heterocycles. The SMILES string of the molecule is CCc1ccc(N(C)c2cc(N)ncn2)cc1. The molecule has 0 aliphatic carbocycles. The monoisotopic (exact) mass is 228 g/mol. The van der Waals surface area contributed by atoms with Crippen molar-refractivity contribution in [2.45, 2.75) is 13.3 Å². The number of benzene rings is 1. The lowest BCUT2D eigenvalue weighted by atomic mass is 10.1. The summed E-state index contributed by atoms with van der Waals surface area (Å²) >= 11 is 0. The van der Waals surface area contributed by atoms with E-state index in [2.05, 4.69) is 41.2 Å². The molecule has 0 fully saturated rings. The zero-order valence-corrected chi connectivity index (χ0v) is 10.1. The molecule has 1 aromatic heterocycles. The normalized spacial score (nSPS) is 10.2. The fourth-order valence-electron chi connectivity index (χ4n) is 1.63. The van der Waals surface area contributed by atoms with Crippen molar-refractivity contribution < 1.29 is 0 Å². The first-order valence-electron chi connectivity index (χ1n) is 5.61. The third-order valence-electron chi connectivity index (χ3n) is 2.75. The molecule has 4 nitrogen and oxygen atoms in total. The van der Waals surface area contributed by atoms with Gasteiger partial charge in [-0.15, -0.1) is 0 Å². The minimum atomic E-state index is 0.479. The Morgan fingerprint density at radius 1 is 1.18 bits per heavy atom. The maximum Gasteiger partial charge on any atom is 0.138 e. The molecule has 2 aromatic rings. The van der Waals surface area contributed by atoms with Gasteiger partial charge in [0.05, 0.1) is 0 Å². The summed E-state index contributed by atoms with van der Waals surface area (Å²) in [6, 6.07) is 10.2. The third-order valence-corrected chi connectivity index (χ3v) is 2.75. The first-order chi connectivity index (χ1) is 8.20. The number of aromatic nitrogens is 2. The molecule has 0 spiro atoms. The molecule has 4 heteroatoms. The highest BCUT2D eigenvalue weighted by Crippen LogP contribution is 2.22. The summed E-state index contributed by atoms with van der Waals surface area (Å²) in [5, 5.41) is 0. The molecule has 0 saturated carbocycles. The van der Waals surface area contributed by atoms with E-state index >= 15 is 0 Å². The van der Waals surface area contributed by atoms with Crippen LogP contribution in [0.15, 0.2) is 36.7 Å². The van der Waals surface area contributed by atoms with Crippen LogP contribution < -0.4 is 10.6 Å². The van der Waals surface area contributed by atoms with Gasteiger partial charge in [-0.25, -0.2) is 9.97 Å². The van der Waals surface area contributed by atoms with Gasteiger partial charge in [-0.05, 0) is 24.1 Å². The average Bonchev–Trinajstić information content (AvgIpc) is 2.38. The summed E-state index contributed by atoms with van der Waals surface area (Å²) in [5.41, 5.74) is 8.05. The van der Waals surface area contributed by atoms with E-state index in [1.54, 1.807) is 6.07 Å². The van der Waals surface area contributed by atoms with Crippen LogP contribution in [0.4, 0.5) is 17.3 Å². The standard InChI is InChI=1S/C13H16N4/c1-3-10-4-6-11(7-5-10)17(2)13-8-12(14)15-9-16-13/h4-9H,3H2,1-2H3,(H2,14,15,16). The Morgan fingerprint density at radius 3 is 2.47 bits per heavy atom. The highest BCUT2D eigenvalue weighted by atomic mass is 15.2. The number of anilines is 3. The molecule has 2 rings (SSSR count). The van der Waals surface area contributed by atoms with Gasteiger partial charge in [-0.3, -0.25) is 0 Å². The molecule has 2 N–H and O–H groups in total. The molecule has 0 amide bonds. The number of nitrogens with two attached hydrogens (primary N) is 1. The first-order valence-corrected chi connectivity index (χ1v) is 5.61. The van der Waals surface area contributed by atoms with Gasteiger partial charge in [0.2, 0.25) is 0 Å². The zero-order chi connectivity index (χ0) is 12.3. The lowest BCUT2D eigenvalue weighted by Crippen LogP contribution is -2.11. The summed E-state index contributed by atoms with van der Waals surface area (Å²) in [4.78, 5) is 10.1. The van der Waals surface area contributed by atoms with Crippen LogP contribution in [0.1, 0.15) is 12.5 Å². The van der Waals surface area contributed by atoms with Crippen molar-refractivity contribution in [1.29, 1.82) is 0 Å². The molecule has 0 aliphatic heterocycles. The summed E-state index contributed by atoms with van der Waals surface area (Å²) in [6.45, 7) is 2.14. The van der Waals surface area contributed by atoms with E-state index in [0.717, 1.165) is 17.9 Å². The Kier molecular flexibility index (Phi) is 3.23. The molecule has 17 heavy (non-hydrogen) atoms. The Labute approximate surface area is 101 Å². The first kappa shape index (κ1) is 11.4. The second-order valence-electron chi connectivity index (χ2n) is 3.88. The van der Waals surface area contributed by atoms with Gasteiger partial charge < -0.3 is 10.6 Å². The minimum Gasteiger partial charge on any atom is -0.384 e. The molecule has 1 aromatic carbocycles. The predicted molar refractivity (Wildman–Crippen MR) is 70.3 cm³/mol. The van der Waals surface area contributed by atoms with Crippen LogP contribution in [0.3, 0.4) is 0 Å². The fraction of sp³-hybridized carbons (Fsp3) is 0.231. The second-order valence-corrected chi connectivity index (χ2v) is 3.88. The van der Waals surface area contributed by atoms with Crippen molar-refractivity contribution in [3.05, 3.63) is 42.2 Å². The van der Waals surface area contributed by atoms with Gasteiger partial charge in [0.1, 0.15) is 18.0 Å². The van der Waals surface area contributed by atoms with Crippen molar-refractivity contribution >= 4 is 17.3 Å². The van der Waals surface area contributed by atoms with E-state index in [1.807, 2.05) is 11.9 Å². The second kappa shape index (κ2) is 4.82. The Balaban J connectivity index is 2.27. The number of nitrogen functional groups attached to an aromatic ring is 1. The largest absolute Gasteiger partial charge is 0.384 e. The molecular weight excluding hydrogens is 212 g/mol. The molecule has 0 atom stereocenters. The number of hydrogen-bond donors (Lipinski definition) is 1. The number of aryl methyl sites for hydroxylation is 1. The molecule has 0 aliphatic rings. The summed E-state index contributed by atoms with van der Waals surface area (Å²) in [6.07, 6.45) is 2.52. The predicted octanol–water partition coefficient (Wildman–Crippen LogP) is 2.39. The molecular formula is C13H16N4. The van der Waals surface area contributed by atoms with E-state index in [4.69, 9.17) is 5.73 Å². The van der Waals surface area contributed by atoms with Gasteiger partial charge in [-0.1, -0.05) is 19.1 Å². The van der Waals surface area contributed by atoms with E-state index in [1.165, 1.54) is 11.9 Å². The van der Waals surface area contributed by atoms with Crippen LogP contribution in [0.25, 0.3) is 0 Å². The molecule has 0 radical (unpaired) electrons.